The summed E-state index contributed by atoms with van der Waals surface area (Å²) in [5.74, 6) is 0.0856. The fourth-order valence-corrected chi connectivity index (χ4v) is 1.70. The minimum Gasteiger partial charge on any atom is -0.365 e. The molecule has 0 aromatic carbocycles. The number of anilines is 1. The number of primary amides is 1. The van der Waals surface area contributed by atoms with Gasteiger partial charge in [-0.05, 0) is 23.8 Å². The third kappa shape index (κ3) is 2.29. The van der Waals surface area contributed by atoms with E-state index in [9.17, 15) is 4.79 Å². The van der Waals surface area contributed by atoms with Crippen LogP contribution in [0.2, 0.25) is 0 Å². The van der Waals surface area contributed by atoms with Crippen molar-refractivity contribution in [2.24, 2.45) is 5.73 Å². The molecule has 2 aromatic heterocycles. The SMILES string of the molecule is CN(C)c1ncc(-c2ccncc2)cc1C(N)=O. The monoisotopic (exact) mass is 242 g/mol. The third-order valence-electron chi connectivity index (χ3n) is 2.57. The Morgan fingerprint density at radius 1 is 1.22 bits per heavy atom. The van der Waals surface area contributed by atoms with E-state index < -0.39 is 5.91 Å². The minimum absolute atomic E-state index is 0.411. The Morgan fingerprint density at radius 2 is 1.89 bits per heavy atom. The van der Waals surface area contributed by atoms with Crippen LogP contribution in [-0.4, -0.2) is 30.0 Å². The van der Waals surface area contributed by atoms with Crippen LogP contribution in [0.1, 0.15) is 10.4 Å². The van der Waals surface area contributed by atoms with E-state index in [1.807, 2.05) is 26.2 Å². The molecule has 0 saturated carbocycles. The van der Waals surface area contributed by atoms with E-state index in [4.69, 9.17) is 5.73 Å². The summed E-state index contributed by atoms with van der Waals surface area (Å²) < 4.78 is 0. The average Bonchev–Trinajstić information content (AvgIpc) is 2.39. The van der Waals surface area contributed by atoms with Crippen molar-refractivity contribution in [1.82, 2.24) is 9.97 Å². The van der Waals surface area contributed by atoms with Gasteiger partial charge < -0.3 is 10.6 Å². The first-order valence-electron chi connectivity index (χ1n) is 5.47. The lowest BCUT2D eigenvalue weighted by Crippen LogP contribution is -2.20. The number of aromatic nitrogens is 2. The van der Waals surface area contributed by atoms with E-state index in [1.54, 1.807) is 29.6 Å². The van der Waals surface area contributed by atoms with Gasteiger partial charge in [0.05, 0.1) is 5.56 Å². The zero-order chi connectivity index (χ0) is 13.1. The van der Waals surface area contributed by atoms with Crippen molar-refractivity contribution in [3.8, 4) is 11.1 Å². The molecule has 18 heavy (non-hydrogen) atoms. The summed E-state index contributed by atoms with van der Waals surface area (Å²) in [6, 6.07) is 5.47. The van der Waals surface area contributed by atoms with Gasteiger partial charge in [0.1, 0.15) is 5.82 Å². The molecule has 0 atom stereocenters. The lowest BCUT2D eigenvalue weighted by molar-refractivity contribution is 0.100. The van der Waals surface area contributed by atoms with Gasteiger partial charge in [0.2, 0.25) is 0 Å². The summed E-state index contributed by atoms with van der Waals surface area (Å²) >= 11 is 0. The van der Waals surface area contributed by atoms with Crippen LogP contribution in [0.3, 0.4) is 0 Å². The van der Waals surface area contributed by atoms with Crippen molar-refractivity contribution in [3.05, 3.63) is 42.4 Å². The molecule has 5 heteroatoms. The number of nitrogens with two attached hydrogens (primary N) is 1. The molecule has 2 rings (SSSR count). The van der Waals surface area contributed by atoms with Crippen LogP contribution in [0.5, 0.6) is 0 Å². The van der Waals surface area contributed by atoms with Crippen molar-refractivity contribution in [1.29, 1.82) is 0 Å². The number of carbonyl (C=O) groups excluding carboxylic acids is 1. The Labute approximate surface area is 105 Å². The summed E-state index contributed by atoms with van der Waals surface area (Å²) in [5, 5.41) is 0. The van der Waals surface area contributed by atoms with E-state index >= 15 is 0 Å². The topological polar surface area (TPSA) is 72.1 Å². The molecule has 0 saturated heterocycles. The molecule has 0 unspecified atom stereocenters. The van der Waals surface area contributed by atoms with Crippen LogP contribution in [0, 0.1) is 0 Å². The van der Waals surface area contributed by atoms with Gasteiger partial charge in [-0.3, -0.25) is 9.78 Å². The molecule has 5 nitrogen and oxygen atoms in total. The third-order valence-corrected chi connectivity index (χ3v) is 2.57. The highest BCUT2D eigenvalue weighted by atomic mass is 16.1. The van der Waals surface area contributed by atoms with Crippen molar-refractivity contribution in [3.63, 3.8) is 0 Å². The van der Waals surface area contributed by atoms with E-state index in [1.165, 1.54) is 0 Å². The lowest BCUT2D eigenvalue weighted by atomic mass is 10.1. The zero-order valence-corrected chi connectivity index (χ0v) is 10.3. The molecule has 2 aromatic rings. The van der Waals surface area contributed by atoms with Gasteiger partial charge >= 0.3 is 0 Å². The minimum atomic E-state index is -0.484. The molecule has 0 spiro atoms. The van der Waals surface area contributed by atoms with Gasteiger partial charge in [-0.25, -0.2) is 4.98 Å². The molecular weight excluding hydrogens is 228 g/mol. The standard InChI is InChI=1S/C13H14N4O/c1-17(2)13-11(12(14)18)7-10(8-16-13)9-3-5-15-6-4-9/h3-8H,1-2H3,(H2,14,18). The van der Waals surface area contributed by atoms with Crippen molar-refractivity contribution >= 4 is 11.7 Å². The number of hydrogen-bond donors (Lipinski definition) is 1. The number of rotatable bonds is 3. The molecule has 1 amide bonds. The molecule has 0 radical (unpaired) electrons. The van der Waals surface area contributed by atoms with Crippen molar-refractivity contribution in [2.45, 2.75) is 0 Å². The van der Waals surface area contributed by atoms with Crippen molar-refractivity contribution in [2.75, 3.05) is 19.0 Å². The molecule has 2 N–H and O–H groups in total. The molecule has 0 aliphatic carbocycles. The number of hydrogen-bond acceptors (Lipinski definition) is 4. The van der Waals surface area contributed by atoms with Gasteiger partial charge in [-0.15, -0.1) is 0 Å². The van der Waals surface area contributed by atoms with Gasteiger partial charge in [-0.1, -0.05) is 0 Å². The van der Waals surface area contributed by atoms with Crippen LogP contribution in [0.4, 0.5) is 5.82 Å². The highest BCUT2D eigenvalue weighted by Gasteiger charge is 2.13. The fraction of sp³-hybridized carbons (Fsp3) is 0.154. The van der Waals surface area contributed by atoms with Crippen LogP contribution >= 0.6 is 0 Å². The fourth-order valence-electron chi connectivity index (χ4n) is 1.70. The zero-order valence-electron chi connectivity index (χ0n) is 10.3. The van der Waals surface area contributed by atoms with Crippen LogP contribution in [-0.2, 0) is 0 Å². The maximum atomic E-state index is 11.5. The molecule has 0 aliphatic heterocycles. The summed E-state index contributed by atoms with van der Waals surface area (Å²) in [7, 11) is 3.64. The highest BCUT2D eigenvalue weighted by molar-refractivity contribution is 5.98. The first-order chi connectivity index (χ1) is 8.59. The molecule has 0 aliphatic rings. The summed E-state index contributed by atoms with van der Waals surface area (Å²) in [5.41, 5.74) is 7.59. The van der Waals surface area contributed by atoms with Crippen molar-refractivity contribution < 1.29 is 4.79 Å². The summed E-state index contributed by atoms with van der Waals surface area (Å²) in [4.78, 5) is 21.4. The van der Waals surface area contributed by atoms with E-state index in [0.29, 0.717) is 11.4 Å². The Kier molecular flexibility index (Phi) is 3.23. The quantitative estimate of drug-likeness (QED) is 0.880. The predicted molar refractivity (Wildman–Crippen MR) is 70.3 cm³/mol. The Bertz CT molecular complexity index is 566. The Balaban J connectivity index is 2.54. The van der Waals surface area contributed by atoms with Gasteiger partial charge in [0, 0.05) is 38.2 Å². The van der Waals surface area contributed by atoms with Crippen LogP contribution in [0.15, 0.2) is 36.8 Å². The largest absolute Gasteiger partial charge is 0.365 e. The molecule has 2 heterocycles. The second-order valence-corrected chi connectivity index (χ2v) is 4.09. The summed E-state index contributed by atoms with van der Waals surface area (Å²) in [6.45, 7) is 0. The smallest absolute Gasteiger partial charge is 0.252 e. The molecule has 92 valence electrons. The number of pyridine rings is 2. The van der Waals surface area contributed by atoms with Gasteiger partial charge in [0.25, 0.3) is 5.91 Å². The summed E-state index contributed by atoms with van der Waals surface area (Å²) in [6.07, 6.45) is 5.11. The number of amides is 1. The molecular formula is C13H14N4O. The van der Waals surface area contributed by atoms with E-state index in [-0.39, 0.29) is 0 Å². The molecule has 0 bridgehead atoms. The maximum Gasteiger partial charge on any atom is 0.252 e. The van der Waals surface area contributed by atoms with Gasteiger partial charge in [-0.2, -0.15) is 0 Å². The van der Waals surface area contributed by atoms with Crippen LogP contribution in [0.25, 0.3) is 11.1 Å². The normalized spacial score (nSPS) is 10.1. The Hall–Kier alpha value is -2.43. The average molecular weight is 242 g/mol. The Morgan fingerprint density at radius 3 is 2.44 bits per heavy atom. The highest BCUT2D eigenvalue weighted by Crippen LogP contribution is 2.23. The number of carbonyl (C=O) groups is 1. The number of nitrogens with zero attached hydrogens (tertiary/aromatic N) is 3. The molecule has 0 fully saturated rings. The second kappa shape index (κ2) is 4.83. The lowest BCUT2D eigenvalue weighted by Gasteiger charge is -2.15. The maximum absolute atomic E-state index is 11.5. The first kappa shape index (κ1) is 12.0. The first-order valence-corrected chi connectivity index (χ1v) is 5.47. The van der Waals surface area contributed by atoms with Gasteiger partial charge in [0.15, 0.2) is 0 Å². The second-order valence-electron chi connectivity index (χ2n) is 4.09. The van der Waals surface area contributed by atoms with E-state index in [2.05, 4.69) is 9.97 Å². The van der Waals surface area contributed by atoms with Crippen LogP contribution < -0.4 is 10.6 Å². The van der Waals surface area contributed by atoms with E-state index in [0.717, 1.165) is 11.1 Å². The predicted octanol–water partition coefficient (Wildman–Crippen LogP) is 1.31.